The fourth-order valence-corrected chi connectivity index (χ4v) is 3.89. The van der Waals surface area contributed by atoms with E-state index in [9.17, 15) is 0 Å². The summed E-state index contributed by atoms with van der Waals surface area (Å²) >= 11 is 0. The number of piperazine rings is 1. The minimum absolute atomic E-state index is 0.540. The van der Waals surface area contributed by atoms with Gasteiger partial charge in [0.05, 0.1) is 39.3 Å². The number of methoxy groups -OCH3 is 4. The van der Waals surface area contributed by atoms with Crippen LogP contribution in [0.2, 0.25) is 0 Å². The van der Waals surface area contributed by atoms with Crippen LogP contribution in [0.1, 0.15) is 0 Å². The molecule has 1 aromatic heterocycles. The number of fused-ring (bicyclic) bond motifs is 1. The fourth-order valence-electron chi connectivity index (χ4n) is 3.89. The molecule has 0 radical (unpaired) electrons. The van der Waals surface area contributed by atoms with Crippen LogP contribution in [0.25, 0.3) is 10.9 Å². The van der Waals surface area contributed by atoms with Crippen molar-refractivity contribution in [2.75, 3.05) is 64.4 Å². The molecule has 8 nitrogen and oxygen atoms in total. The zero-order chi connectivity index (χ0) is 21.1. The van der Waals surface area contributed by atoms with Crippen LogP contribution in [-0.4, -0.2) is 64.6 Å². The van der Waals surface area contributed by atoms with Gasteiger partial charge in [-0.3, -0.25) is 0 Å². The second kappa shape index (κ2) is 8.52. The Bertz CT molecular complexity index is 1040. The van der Waals surface area contributed by atoms with Crippen molar-refractivity contribution in [3.63, 3.8) is 0 Å². The van der Waals surface area contributed by atoms with Gasteiger partial charge in [0.1, 0.15) is 17.9 Å². The third kappa shape index (κ3) is 3.49. The first-order chi connectivity index (χ1) is 14.7. The minimum atomic E-state index is 0.540. The van der Waals surface area contributed by atoms with E-state index in [1.807, 2.05) is 18.2 Å². The molecule has 1 aliphatic heterocycles. The molecule has 1 saturated heterocycles. The van der Waals surface area contributed by atoms with Crippen molar-refractivity contribution in [1.82, 2.24) is 9.97 Å². The average Bonchev–Trinajstić information content (AvgIpc) is 2.82. The molecule has 0 N–H and O–H groups in total. The molecular formula is C22H26N4O4. The Balaban J connectivity index is 1.66. The van der Waals surface area contributed by atoms with Gasteiger partial charge < -0.3 is 28.7 Å². The Hall–Kier alpha value is -3.42. The lowest BCUT2D eigenvalue weighted by molar-refractivity contribution is 0.327. The molecule has 3 aromatic rings. The maximum atomic E-state index is 5.70. The lowest BCUT2D eigenvalue weighted by Crippen LogP contribution is -2.47. The van der Waals surface area contributed by atoms with Crippen LogP contribution in [0, 0.1) is 0 Å². The normalized spacial score (nSPS) is 14.0. The highest BCUT2D eigenvalue weighted by atomic mass is 16.5. The van der Waals surface area contributed by atoms with Gasteiger partial charge in [0.2, 0.25) is 5.75 Å². The second-order valence-electron chi connectivity index (χ2n) is 6.91. The zero-order valence-electron chi connectivity index (χ0n) is 17.7. The van der Waals surface area contributed by atoms with Gasteiger partial charge in [-0.25, -0.2) is 9.97 Å². The monoisotopic (exact) mass is 410 g/mol. The molecule has 1 aliphatic rings. The number of rotatable bonds is 6. The summed E-state index contributed by atoms with van der Waals surface area (Å²) in [5.41, 5.74) is 1.91. The first kappa shape index (κ1) is 19.9. The molecule has 0 aliphatic carbocycles. The molecule has 30 heavy (non-hydrogen) atoms. The van der Waals surface area contributed by atoms with Crippen LogP contribution >= 0.6 is 0 Å². The molecule has 0 saturated carbocycles. The summed E-state index contributed by atoms with van der Waals surface area (Å²) in [5, 5.41) is 0.826. The van der Waals surface area contributed by atoms with Crippen LogP contribution in [0.15, 0.2) is 36.7 Å². The van der Waals surface area contributed by atoms with Gasteiger partial charge in [-0.1, -0.05) is 6.07 Å². The Labute approximate surface area is 175 Å². The van der Waals surface area contributed by atoms with Crippen LogP contribution < -0.4 is 28.7 Å². The van der Waals surface area contributed by atoms with E-state index in [4.69, 9.17) is 18.9 Å². The van der Waals surface area contributed by atoms with E-state index >= 15 is 0 Å². The van der Waals surface area contributed by atoms with Crippen molar-refractivity contribution in [1.29, 1.82) is 0 Å². The average molecular weight is 410 g/mol. The third-order valence-corrected chi connectivity index (χ3v) is 5.41. The predicted molar refractivity (Wildman–Crippen MR) is 117 cm³/mol. The highest BCUT2D eigenvalue weighted by Crippen LogP contribution is 2.45. The molecule has 8 heteroatoms. The molecule has 158 valence electrons. The lowest BCUT2D eigenvalue weighted by atomic mass is 10.1. The van der Waals surface area contributed by atoms with Gasteiger partial charge in [0.25, 0.3) is 0 Å². The van der Waals surface area contributed by atoms with Gasteiger partial charge >= 0.3 is 0 Å². The van der Waals surface area contributed by atoms with Crippen molar-refractivity contribution in [3.05, 3.63) is 36.7 Å². The number of hydrogen-bond acceptors (Lipinski definition) is 8. The molecule has 1 fully saturated rings. The van der Waals surface area contributed by atoms with Gasteiger partial charge in [-0.2, -0.15) is 0 Å². The van der Waals surface area contributed by atoms with Crippen LogP contribution in [-0.2, 0) is 0 Å². The van der Waals surface area contributed by atoms with Gasteiger partial charge in [-0.15, -0.1) is 0 Å². The molecule has 0 spiro atoms. The van der Waals surface area contributed by atoms with E-state index in [0.717, 1.165) is 54.3 Å². The molecule has 2 aromatic carbocycles. The molecular weight excluding hydrogens is 384 g/mol. The number of nitrogens with zero attached hydrogens (tertiary/aromatic N) is 4. The summed E-state index contributed by atoms with van der Waals surface area (Å²) < 4.78 is 22.1. The standard InChI is InChI=1S/C22H26N4O4/c1-27-16-7-5-6-15(12-16)25-8-10-26(11-9-25)22-19-17(23-14-24-22)13-18(28-2)20(29-3)21(19)30-4/h5-7,12-14H,8-11H2,1-4H3. The quantitative estimate of drug-likeness (QED) is 0.614. The summed E-state index contributed by atoms with van der Waals surface area (Å²) in [6.45, 7) is 3.38. The molecule has 0 amide bonds. The van der Waals surface area contributed by atoms with Crippen LogP contribution in [0.4, 0.5) is 11.5 Å². The molecule has 0 unspecified atom stereocenters. The number of hydrogen-bond donors (Lipinski definition) is 0. The van der Waals surface area contributed by atoms with E-state index in [-0.39, 0.29) is 0 Å². The summed E-state index contributed by atoms with van der Waals surface area (Å²) in [6, 6.07) is 10.0. The van der Waals surface area contributed by atoms with Crippen molar-refractivity contribution in [3.8, 4) is 23.0 Å². The van der Waals surface area contributed by atoms with Crippen molar-refractivity contribution < 1.29 is 18.9 Å². The van der Waals surface area contributed by atoms with E-state index in [2.05, 4.69) is 31.9 Å². The van der Waals surface area contributed by atoms with Gasteiger partial charge in [0, 0.05) is 44.0 Å². The number of aromatic nitrogens is 2. The highest BCUT2D eigenvalue weighted by Gasteiger charge is 2.25. The fraction of sp³-hybridized carbons (Fsp3) is 0.364. The van der Waals surface area contributed by atoms with E-state index in [1.165, 1.54) is 0 Å². The topological polar surface area (TPSA) is 69.2 Å². The lowest BCUT2D eigenvalue weighted by Gasteiger charge is -2.37. The number of benzene rings is 2. The van der Waals surface area contributed by atoms with Crippen molar-refractivity contribution in [2.45, 2.75) is 0 Å². The third-order valence-electron chi connectivity index (χ3n) is 5.41. The van der Waals surface area contributed by atoms with E-state index in [0.29, 0.717) is 17.2 Å². The Morgan fingerprint density at radius 3 is 2.17 bits per heavy atom. The molecule has 2 heterocycles. The maximum absolute atomic E-state index is 5.70. The van der Waals surface area contributed by atoms with Crippen molar-refractivity contribution >= 4 is 22.4 Å². The van der Waals surface area contributed by atoms with E-state index < -0.39 is 0 Å². The molecule has 4 rings (SSSR count). The maximum Gasteiger partial charge on any atom is 0.204 e. The largest absolute Gasteiger partial charge is 0.497 e. The second-order valence-corrected chi connectivity index (χ2v) is 6.91. The molecule has 0 bridgehead atoms. The zero-order valence-corrected chi connectivity index (χ0v) is 17.7. The van der Waals surface area contributed by atoms with Crippen molar-refractivity contribution in [2.24, 2.45) is 0 Å². The smallest absolute Gasteiger partial charge is 0.204 e. The first-order valence-corrected chi connectivity index (χ1v) is 9.77. The van der Waals surface area contributed by atoms with Gasteiger partial charge in [-0.05, 0) is 12.1 Å². The Morgan fingerprint density at radius 1 is 0.767 bits per heavy atom. The Morgan fingerprint density at radius 2 is 1.50 bits per heavy atom. The summed E-state index contributed by atoms with van der Waals surface area (Å²) in [4.78, 5) is 13.6. The summed E-state index contributed by atoms with van der Waals surface area (Å²) in [7, 11) is 6.51. The van der Waals surface area contributed by atoms with E-state index in [1.54, 1.807) is 34.8 Å². The number of anilines is 2. The number of ether oxygens (including phenoxy) is 4. The first-order valence-electron chi connectivity index (χ1n) is 9.77. The SMILES string of the molecule is COc1cccc(N2CCN(c3ncnc4cc(OC)c(OC)c(OC)c34)CC2)c1. The Kier molecular flexibility index (Phi) is 5.65. The summed E-state index contributed by atoms with van der Waals surface area (Å²) in [5.74, 6) is 3.40. The predicted octanol–water partition coefficient (Wildman–Crippen LogP) is 2.99. The van der Waals surface area contributed by atoms with Gasteiger partial charge in [0.15, 0.2) is 11.5 Å². The van der Waals surface area contributed by atoms with Crippen LogP contribution in [0.3, 0.4) is 0 Å². The summed E-state index contributed by atoms with van der Waals surface area (Å²) in [6.07, 6.45) is 1.58. The molecule has 0 atom stereocenters. The van der Waals surface area contributed by atoms with Crippen LogP contribution in [0.5, 0.6) is 23.0 Å². The minimum Gasteiger partial charge on any atom is -0.497 e. The highest BCUT2D eigenvalue weighted by molar-refractivity contribution is 5.98.